The monoisotopic (exact) mass is 306 g/mol. The van der Waals surface area contributed by atoms with E-state index in [1.807, 2.05) is 6.07 Å². The molecule has 0 aliphatic heterocycles. The number of nitrogens with two attached hydrogens (primary N) is 1. The molecule has 3 heterocycles. The first-order valence-electron chi connectivity index (χ1n) is 6.31. The zero-order valence-electron chi connectivity index (χ0n) is 11.5. The molecule has 0 saturated carbocycles. The lowest BCUT2D eigenvalue weighted by molar-refractivity contribution is -0.0515. The third-order valence-electron chi connectivity index (χ3n) is 3.04. The van der Waals surface area contributed by atoms with Gasteiger partial charge in [0, 0.05) is 24.0 Å². The second kappa shape index (κ2) is 5.47. The molecule has 8 heteroatoms. The van der Waals surface area contributed by atoms with Gasteiger partial charge >= 0.3 is 6.61 Å². The predicted octanol–water partition coefficient (Wildman–Crippen LogP) is 2.59. The van der Waals surface area contributed by atoms with Gasteiger partial charge in [0.05, 0.1) is 12.6 Å². The Morgan fingerprint density at radius 3 is 2.77 bits per heavy atom. The molecule has 6 nitrogen and oxygen atoms in total. The SMILES string of the molecule is COc1ncc(-c2ccn3nc(N)cc3c2)cc1OC(F)F. The molecule has 0 atom stereocenters. The number of nitrogens with zero attached hydrogens (tertiary/aromatic N) is 3. The summed E-state index contributed by atoms with van der Waals surface area (Å²) in [6, 6.07) is 6.74. The third kappa shape index (κ3) is 2.62. The van der Waals surface area contributed by atoms with Crippen LogP contribution in [0.3, 0.4) is 0 Å². The molecule has 0 unspecified atom stereocenters. The van der Waals surface area contributed by atoms with E-state index in [9.17, 15) is 8.78 Å². The molecule has 3 aromatic rings. The maximum absolute atomic E-state index is 12.5. The summed E-state index contributed by atoms with van der Waals surface area (Å²) in [6.45, 7) is -2.96. The number of rotatable bonds is 4. The highest BCUT2D eigenvalue weighted by Crippen LogP contribution is 2.31. The molecule has 114 valence electrons. The van der Waals surface area contributed by atoms with E-state index >= 15 is 0 Å². The van der Waals surface area contributed by atoms with Crippen LogP contribution in [0.1, 0.15) is 0 Å². The smallest absolute Gasteiger partial charge is 0.387 e. The Balaban J connectivity index is 2.05. The average molecular weight is 306 g/mol. The highest BCUT2D eigenvalue weighted by Gasteiger charge is 2.13. The van der Waals surface area contributed by atoms with Crippen LogP contribution in [0.2, 0.25) is 0 Å². The van der Waals surface area contributed by atoms with Crippen LogP contribution < -0.4 is 15.2 Å². The number of anilines is 1. The van der Waals surface area contributed by atoms with Crippen molar-refractivity contribution in [2.45, 2.75) is 6.61 Å². The van der Waals surface area contributed by atoms with E-state index in [-0.39, 0.29) is 11.6 Å². The van der Waals surface area contributed by atoms with Crippen LogP contribution in [0.15, 0.2) is 36.7 Å². The number of alkyl halides is 2. The molecule has 0 amide bonds. The van der Waals surface area contributed by atoms with Gasteiger partial charge in [0.1, 0.15) is 5.82 Å². The molecule has 3 rings (SSSR count). The highest BCUT2D eigenvalue weighted by molar-refractivity contribution is 5.71. The molecule has 0 spiro atoms. The maximum Gasteiger partial charge on any atom is 0.387 e. The molecule has 0 aromatic carbocycles. The van der Waals surface area contributed by atoms with Crippen LogP contribution in [0, 0.1) is 0 Å². The van der Waals surface area contributed by atoms with E-state index < -0.39 is 6.61 Å². The number of fused-ring (bicyclic) bond motifs is 1. The van der Waals surface area contributed by atoms with E-state index in [1.54, 1.807) is 22.8 Å². The third-order valence-corrected chi connectivity index (χ3v) is 3.04. The molecule has 3 aromatic heterocycles. The number of aromatic nitrogens is 3. The lowest BCUT2D eigenvalue weighted by Gasteiger charge is -2.10. The lowest BCUT2D eigenvalue weighted by Crippen LogP contribution is -2.04. The minimum atomic E-state index is -2.96. The topological polar surface area (TPSA) is 74.7 Å². The van der Waals surface area contributed by atoms with Gasteiger partial charge in [0.15, 0.2) is 5.75 Å². The van der Waals surface area contributed by atoms with Crippen molar-refractivity contribution in [1.82, 2.24) is 14.6 Å². The fourth-order valence-corrected chi connectivity index (χ4v) is 2.12. The van der Waals surface area contributed by atoms with Gasteiger partial charge in [0.25, 0.3) is 5.88 Å². The second-order valence-corrected chi connectivity index (χ2v) is 4.46. The summed E-state index contributed by atoms with van der Waals surface area (Å²) in [7, 11) is 1.33. The van der Waals surface area contributed by atoms with E-state index in [0.29, 0.717) is 11.4 Å². The number of halogens is 2. The summed E-state index contributed by atoms with van der Waals surface area (Å²) < 4.78 is 35.9. The quantitative estimate of drug-likeness (QED) is 0.802. The van der Waals surface area contributed by atoms with Crippen LogP contribution in [-0.2, 0) is 0 Å². The Labute approximate surface area is 124 Å². The summed E-state index contributed by atoms with van der Waals surface area (Å²) in [6.07, 6.45) is 3.24. The summed E-state index contributed by atoms with van der Waals surface area (Å²) in [5, 5.41) is 4.07. The summed E-state index contributed by atoms with van der Waals surface area (Å²) in [5.41, 5.74) is 7.79. The van der Waals surface area contributed by atoms with Crippen molar-refractivity contribution in [2.75, 3.05) is 12.8 Å². The van der Waals surface area contributed by atoms with E-state index in [2.05, 4.69) is 14.8 Å². The number of hydrogen-bond acceptors (Lipinski definition) is 5. The van der Waals surface area contributed by atoms with Crippen LogP contribution in [0.5, 0.6) is 11.6 Å². The van der Waals surface area contributed by atoms with Gasteiger partial charge in [-0.2, -0.15) is 13.9 Å². The van der Waals surface area contributed by atoms with Gasteiger partial charge in [-0.15, -0.1) is 0 Å². The highest BCUT2D eigenvalue weighted by atomic mass is 19.3. The largest absolute Gasteiger partial charge is 0.478 e. The molecular weight excluding hydrogens is 294 g/mol. The molecule has 0 bridgehead atoms. The lowest BCUT2D eigenvalue weighted by atomic mass is 10.1. The Kier molecular flexibility index (Phi) is 3.50. The second-order valence-electron chi connectivity index (χ2n) is 4.46. The van der Waals surface area contributed by atoms with Crippen molar-refractivity contribution < 1.29 is 18.3 Å². The normalized spacial score (nSPS) is 11.1. The Morgan fingerprint density at radius 1 is 1.23 bits per heavy atom. The molecule has 0 saturated heterocycles. The first kappa shape index (κ1) is 14.1. The minimum absolute atomic E-state index is 0.00118. The summed E-state index contributed by atoms with van der Waals surface area (Å²) >= 11 is 0. The maximum atomic E-state index is 12.5. The molecule has 0 aliphatic carbocycles. The van der Waals surface area contributed by atoms with E-state index in [4.69, 9.17) is 10.5 Å². The van der Waals surface area contributed by atoms with Crippen molar-refractivity contribution in [1.29, 1.82) is 0 Å². The van der Waals surface area contributed by atoms with Gasteiger partial charge in [-0.3, -0.25) is 0 Å². The molecule has 0 radical (unpaired) electrons. The van der Waals surface area contributed by atoms with Crippen molar-refractivity contribution >= 4 is 11.3 Å². The summed E-state index contributed by atoms with van der Waals surface area (Å²) in [5.74, 6) is 0.272. The average Bonchev–Trinajstić information content (AvgIpc) is 2.85. The predicted molar refractivity (Wildman–Crippen MR) is 76.0 cm³/mol. The zero-order chi connectivity index (χ0) is 15.7. The molecule has 22 heavy (non-hydrogen) atoms. The first-order chi connectivity index (χ1) is 10.6. The van der Waals surface area contributed by atoms with Gasteiger partial charge in [-0.05, 0) is 23.8 Å². The van der Waals surface area contributed by atoms with Crippen molar-refractivity contribution in [2.24, 2.45) is 0 Å². The first-order valence-corrected chi connectivity index (χ1v) is 6.31. The Morgan fingerprint density at radius 2 is 2.05 bits per heavy atom. The number of hydrogen-bond donors (Lipinski definition) is 1. The van der Waals surface area contributed by atoms with Crippen LogP contribution in [-0.4, -0.2) is 28.3 Å². The number of methoxy groups -OCH3 is 1. The van der Waals surface area contributed by atoms with Crippen LogP contribution in [0.25, 0.3) is 16.6 Å². The summed E-state index contributed by atoms with van der Waals surface area (Å²) in [4.78, 5) is 3.98. The standard InChI is InChI=1S/C14H12F2N4O2/c1-21-13-11(22-14(15)16)5-9(7-18-13)8-2-3-20-10(4-8)6-12(17)19-20/h2-7,14H,1H3,(H2,17,19). The number of nitrogen functional groups attached to an aromatic ring is 1. The van der Waals surface area contributed by atoms with Gasteiger partial charge in [0.2, 0.25) is 0 Å². The van der Waals surface area contributed by atoms with Crippen molar-refractivity contribution in [3.63, 3.8) is 0 Å². The van der Waals surface area contributed by atoms with Crippen molar-refractivity contribution in [3.8, 4) is 22.8 Å². The van der Waals surface area contributed by atoms with Crippen molar-refractivity contribution in [3.05, 3.63) is 36.7 Å². The van der Waals surface area contributed by atoms with Gasteiger partial charge in [-0.1, -0.05) is 0 Å². The molecule has 2 N–H and O–H groups in total. The minimum Gasteiger partial charge on any atom is -0.478 e. The number of ether oxygens (including phenoxy) is 2. The van der Waals surface area contributed by atoms with Gasteiger partial charge in [-0.25, -0.2) is 9.50 Å². The van der Waals surface area contributed by atoms with Crippen LogP contribution in [0.4, 0.5) is 14.6 Å². The fourth-order valence-electron chi connectivity index (χ4n) is 2.12. The van der Waals surface area contributed by atoms with E-state index in [1.165, 1.54) is 19.4 Å². The van der Waals surface area contributed by atoms with Crippen LogP contribution >= 0.6 is 0 Å². The fraction of sp³-hybridized carbons (Fsp3) is 0.143. The molecule has 0 aliphatic rings. The van der Waals surface area contributed by atoms with Gasteiger partial charge < -0.3 is 15.2 Å². The zero-order valence-corrected chi connectivity index (χ0v) is 11.5. The number of pyridine rings is 2. The van der Waals surface area contributed by atoms with E-state index in [0.717, 1.165) is 11.1 Å². The Bertz CT molecular complexity index is 820. The Hall–Kier alpha value is -2.90. The molecule has 0 fully saturated rings. The molecular formula is C14H12F2N4O2.